The summed E-state index contributed by atoms with van der Waals surface area (Å²) in [7, 11) is 0. The van der Waals surface area contributed by atoms with Crippen molar-refractivity contribution in [2.75, 3.05) is 13.3 Å². The third-order valence-electron chi connectivity index (χ3n) is 2.29. The Morgan fingerprint density at radius 1 is 1.33 bits per heavy atom. The Kier molecular flexibility index (Phi) is 5.12. The highest BCUT2D eigenvalue weighted by atomic mass is 19.1. The van der Waals surface area contributed by atoms with Crippen molar-refractivity contribution in [3.8, 4) is 5.75 Å². The molecule has 1 atom stereocenters. The van der Waals surface area contributed by atoms with Gasteiger partial charge < -0.3 is 10.5 Å². The molecule has 2 N–H and O–H groups in total. The minimum absolute atomic E-state index is 0.0879. The molecule has 0 aliphatic heterocycles. The first-order valence-electron chi connectivity index (χ1n) is 5.32. The van der Waals surface area contributed by atoms with Crippen LogP contribution >= 0.6 is 0 Å². The number of rotatable bonds is 6. The second kappa shape index (κ2) is 6.40. The highest BCUT2D eigenvalue weighted by Crippen LogP contribution is 2.18. The van der Waals surface area contributed by atoms with Gasteiger partial charge in [-0.05, 0) is 24.1 Å². The van der Waals surface area contributed by atoms with E-state index in [1.165, 1.54) is 0 Å². The van der Waals surface area contributed by atoms with Crippen molar-refractivity contribution in [1.29, 1.82) is 0 Å². The van der Waals surface area contributed by atoms with Gasteiger partial charge in [0, 0.05) is 12.5 Å². The summed E-state index contributed by atoms with van der Waals surface area (Å²) >= 11 is 0. The van der Waals surface area contributed by atoms with E-state index in [0.29, 0.717) is 13.0 Å². The van der Waals surface area contributed by atoms with Crippen LogP contribution in [0.1, 0.15) is 31.4 Å². The van der Waals surface area contributed by atoms with Crippen LogP contribution in [0, 0.1) is 0 Å². The minimum Gasteiger partial charge on any atom is -0.494 e. The summed E-state index contributed by atoms with van der Waals surface area (Å²) in [6.07, 6.45) is 1.36. The maximum absolute atomic E-state index is 11.8. The number of nitrogens with two attached hydrogens (primary N) is 1. The van der Waals surface area contributed by atoms with Gasteiger partial charge in [0.2, 0.25) is 0 Å². The summed E-state index contributed by atoms with van der Waals surface area (Å²) in [5.41, 5.74) is 6.98. The lowest BCUT2D eigenvalue weighted by Crippen LogP contribution is -2.08. The normalized spacial score (nSPS) is 12.5. The van der Waals surface area contributed by atoms with Crippen molar-refractivity contribution in [3.63, 3.8) is 0 Å². The van der Waals surface area contributed by atoms with Gasteiger partial charge in [0.25, 0.3) is 0 Å². The molecule has 84 valence electrons. The van der Waals surface area contributed by atoms with Crippen LogP contribution in [0.3, 0.4) is 0 Å². The number of halogens is 1. The summed E-state index contributed by atoms with van der Waals surface area (Å²) in [6.45, 7) is 2.14. The van der Waals surface area contributed by atoms with Crippen LogP contribution in [0.4, 0.5) is 4.39 Å². The van der Waals surface area contributed by atoms with Crippen LogP contribution in [0.25, 0.3) is 0 Å². The van der Waals surface area contributed by atoms with Crippen LogP contribution in [0.5, 0.6) is 5.75 Å². The number of hydrogen-bond acceptors (Lipinski definition) is 2. The van der Waals surface area contributed by atoms with E-state index in [-0.39, 0.29) is 12.7 Å². The molecule has 1 aromatic carbocycles. The Balaban J connectivity index is 2.49. The monoisotopic (exact) mass is 211 g/mol. The summed E-state index contributed by atoms with van der Waals surface area (Å²) in [4.78, 5) is 0. The summed E-state index contributed by atoms with van der Waals surface area (Å²) in [5.74, 6) is 0.774. The highest BCUT2D eigenvalue weighted by Gasteiger charge is 2.02. The molecule has 0 spiro atoms. The molecule has 1 rings (SSSR count). The Morgan fingerprint density at radius 3 is 2.53 bits per heavy atom. The molecule has 0 aliphatic carbocycles. The minimum atomic E-state index is -0.335. The van der Waals surface area contributed by atoms with Crippen molar-refractivity contribution in [1.82, 2.24) is 0 Å². The molecule has 15 heavy (non-hydrogen) atoms. The SMILES string of the molecule is CCC(N)c1ccc(OCCCF)cc1. The number of alkyl halides is 1. The molecule has 0 fully saturated rings. The van der Waals surface area contributed by atoms with E-state index in [9.17, 15) is 4.39 Å². The molecular weight excluding hydrogens is 193 g/mol. The fraction of sp³-hybridized carbons (Fsp3) is 0.500. The van der Waals surface area contributed by atoms with E-state index in [4.69, 9.17) is 10.5 Å². The zero-order valence-corrected chi connectivity index (χ0v) is 9.08. The summed E-state index contributed by atoms with van der Waals surface area (Å²) in [5, 5.41) is 0. The lowest BCUT2D eigenvalue weighted by atomic mass is 10.1. The zero-order chi connectivity index (χ0) is 11.1. The third kappa shape index (κ3) is 3.88. The highest BCUT2D eigenvalue weighted by molar-refractivity contribution is 5.28. The van der Waals surface area contributed by atoms with Crippen molar-refractivity contribution < 1.29 is 9.13 Å². The average molecular weight is 211 g/mol. The van der Waals surface area contributed by atoms with E-state index in [2.05, 4.69) is 6.92 Å². The lowest BCUT2D eigenvalue weighted by molar-refractivity contribution is 0.289. The number of hydrogen-bond donors (Lipinski definition) is 1. The van der Waals surface area contributed by atoms with Gasteiger partial charge in [-0.1, -0.05) is 19.1 Å². The third-order valence-corrected chi connectivity index (χ3v) is 2.29. The molecule has 0 amide bonds. The first-order valence-corrected chi connectivity index (χ1v) is 5.32. The Morgan fingerprint density at radius 2 is 2.00 bits per heavy atom. The lowest BCUT2D eigenvalue weighted by Gasteiger charge is -2.10. The van der Waals surface area contributed by atoms with Crippen LogP contribution in [-0.4, -0.2) is 13.3 Å². The first-order chi connectivity index (χ1) is 7.27. The second-order valence-corrected chi connectivity index (χ2v) is 3.47. The van der Waals surface area contributed by atoms with E-state index < -0.39 is 0 Å². The van der Waals surface area contributed by atoms with Gasteiger partial charge in [0.1, 0.15) is 5.75 Å². The van der Waals surface area contributed by atoms with Gasteiger partial charge >= 0.3 is 0 Å². The predicted octanol–water partition coefficient (Wildman–Crippen LogP) is 2.83. The molecule has 1 unspecified atom stereocenters. The van der Waals surface area contributed by atoms with E-state index in [1.807, 2.05) is 24.3 Å². The first kappa shape index (κ1) is 12.0. The number of ether oxygens (including phenoxy) is 1. The molecule has 0 saturated carbocycles. The van der Waals surface area contributed by atoms with Gasteiger partial charge in [-0.25, -0.2) is 0 Å². The molecular formula is C12H18FNO. The quantitative estimate of drug-likeness (QED) is 0.734. The molecule has 3 heteroatoms. The molecule has 0 aliphatic rings. The fourth-order valence-electron chi connectivity index (χ4n) is 1.29. The van der Waals surface area contributed by atoms with Gasteiger partial charge in [0.05, 0.1) is 13.3 Å². The molecule has 0 heterocycles. The Hall–Kier alpha value is -1.09. The van der Waals surface area contributed by atoms with Crippen LogP contribution in [-0.2, 0) is 0 Å². The van der Waals surface area contributed by atoms with Crippen molar-refractivity contribution >= 4 is 0 Å². The van der Waals surface area contributed by atoms with Gasteiger partial charge in [0.15, 0.2) is 0 Å². The van der Waals surface area contributed by atoms with E-state index in [1.54, 1.807) is 0 Å². The van der Waals surface area contributed by atoms with Crippen LogP contribution in [0.15, 0.2) is 24.3 Å². The topological polar surface area (TPSA) is 35.2 Å². The summed E-state index contributed by atoms with van der Waals surface area (Å²) < 4.78 is 17.1. The Bertz CT molecular complexity index is 273. The van der Waals surface area contributed by atoms with Gasteiger partial charge in [-0.3, -0.25) is 4.39 Å². The summed E-state index contributed by atoms with van der Waals surface area (Å²) in [6, 6.07) is 7.76. The van der Waals surface area contributed by atoms with Crippen LogP contribution in [0.2, 0.25) is 0 Å². The van der Waals surface area contributed by atoms with Gasteiger partial charge in [-0.15, -0.1) is 0 Å². The van der Waals surface area contributed by atoms with Crippen molar-refractivity contribution in [2.45, 2.75) is 25.8 Å². The van der Waals surface area contributed by atoms with Crippen LogP contribution < -0.4 is 10.5 Å². The second-order valence-electron chi connectivity index (χ2n) is 3.47. The maximum atomic E-state index is 11.8. The van der Waals surface area contributed by atoms with E-state index >= 15 is 0 Å². The zero-order valence-electron chi connectivity index (χ0n) is 9.08. The van der Waals surface area contributed by atoms with E-state index in [0.717, 1.165) is 17.7 Å². The largest absolute Gasteiger partial charge is 0.494 e. The van der Waals surface area contributed by atoms with Gasteiger partial charge in [-0.2, -0.15) is 0 Å². The van der Waals surface area contributed by atoms with Crippen molar-refractivity contribution in [2.24, 2.45) is 5.73 Å². The average Bonchev–Trinajstić information content (AvgIpc) is 2.29. The molecule has 0 saturated heterocycles. The van der Waals surface area contributed by atoms with Crippen molar-refractivity contribution in [3.05, 3.63) is 29.8 Å². The Labute approximate surface area is 90.2 Å². The predicted molar refractivity (Wildman–Crippen MR) is 59.7 cm³/mol. The smallest absolute Gasteiger partial charge is 0.119 e. The maximum Gasteiger partial charge on any atom is 0.119 e. The fourth-order valence-corrected chi connectivity index (χ4v) is 1.29. The number of benzene rings is 1. The standard InChI is InChI=1S/C12H18FNO/c1-2-12(14)10-4-6-11(7-5-10)15-9-3-8-13/h4-7,12H,2-3,8-9,14H2,1H3. The molecule has 1 aromatic rings. The molecule has 2 nitrogen and oxygen atoms in total. The molecule has 0 bridgehead atoms. The molecule has 0 radical (unpaired) electrons. The molecule has 0 aromatic heterocycles.